The molecule has 2 aromatic heterocycles. The number of ketones is 1. The average molecular weight is 548 g/mol. The van der Waals surface area contributed by atoms with Crippen molar-refractivity contribution in [1.29, 1.82) is 5.26 Å². The van der Waals surface area contributed by atoms with Gasteiger partial charge in [-0.15, -0.1) is 0 Å². The molecular formula is C28H23ClFN5O4. The Kier molecular flexibility index (Phi) is 7.93. The summed E-state index contributed by atoms with van der Waals surface area (Å²) in [5, 5.41) is 14.3. The molecule has 0 bridgehead atoms. The highest BCUT2D eigenvalue weighted by molar-refractivity contribution is 6.31. The fraction of sp³-hybridized carbons (Fsp3) is 0.179. The third-order valence-electron chi connectivity index (χ3n) is 6.21. The zero-order valence-electron chi connectivity index (χ0n) is 21.0. The second kappa shape index (κ2) is 11.3. The van der Waals surface area contributed by atoms with E-state index in [1.54, 1.807) is 42.2 Å². The van der Waals surface area contributed by atoms with Crippen LogP contribution in [0.5, 0.6) is 5.75 Å². The number of pyridine rings is 1. The summed E-state index contributed by atoms with van der Waals surface area (Å²) in [6.45, 7) is 0. The van der Waals surface area contributed by atoms with Crippen molar-refractivity contribution in [1.82, 2.24) is 14.3 Å². The molecule has 39 heavy (non-hydrogen) atoms. The lowest BCUT2D eigenvalue weighted by atomic mass is 9.97. The van der Waals surface area contributed by atoms with E-state index in [1.165, 1.54) is 36.1 Å². The van der Waals surface area contributed by atoms with E-state index >= 15 is 0 Å². The molecule has 0 aliphatic carbocycles. The maximum atomic E-state index is 14.4. The smallest absolute Gasteiger partial charge is 0.252 e. The maximum Gasteiger partial charge on any atom is 0.252 e. The molecule has 1 unspecified atom stereocenters. The summed E-state index contributed by atoms with van der Waals surface area (Å²) in [5.41, 5.74) is 6.26. The van der Waals surface area contributed by atoms with E-state index in [0.717, 1.165) is 6.07 Å². The highest BCUT2D eigenvalue weighted by Gasteiger charge is 2.26. The number of halogens is 2. The normalized spacial score (nSPS) is 11.6. The number of amides is 1. The molecule has 0 saturated heterocycles. The van der Waals surface area contributed by atoms with Gasteiger partial charge in [-0.2, -0.15) is 10.4 Å². The van der Waals surface area contributed by atoms with Crippen LogP contribution in [0.3, 0.4) is 0 Å². The molecule has 1 atom stereocenters. The number of carbonyl (C=O) groups excluding carboxylic acids is 2. The quantitative estimate of drug-likeness (QED) is 0.340. The van der Waals surface area contributed by atoms with Crippen LogP contribution in [0.25, 0.3) is 11.1 Å². The number of nitrogens with two attached hydrogens (primary N) is 1. The van der Waals surface area contributed by atoms with E-state index in [1.807, 2.05) is 0 Å². The molecule has 0 radical (unpaired) electrons. The number of hydrogen-bond donors (Lipinski definition) is 1. The Morgan fingerprint density at radius 1 is 1.18 bits per heavy atom. The summed E-state index contributed by atoms with van der Waals surface area (Å²) in [4.78, 5) is 38.4. The summed E-state index contributed by atoms with van der Waals surface area (Å²) < 4.78 is 22.7. The van der Waals surface area contributed by atoms with Crippen LogP contribution < -0.4 is 16.0 Å². The van der Waals surface area contributed by atoms with Crippen LogP contribution >= 0.6 is 11.6 Å². The number of ether oxygens (including phenoxy) is 1. The van der Waals surface area contributed by atoms with Crippen LogP contribution in [-0.2, 0) is 24.7 Å². The molecule has 2 N–H and O–H groups in total. The van der Waals surface area contributed by atoms with Gasteiger partial charge in [-0.05, 0) is 42.0 Å². The summed E-state index contributed by atoms with van der Waals surface area (Å²) >= 11 is 6.15. The molecule has 0 fully saturated rings. The van der Waals surface area contributed by atoms with Gasteiger partial charge in [0.15, 0.2) is 5.78 Å². The number of aryl methyl sites for hydroxylation is 1. The van der Waals surface area contributed by atoms with Crippen LogP contribution in [0.1, 0.15) is 33.2 Å². The Hall–Kier alpha value is -4.75. The van der Waals surface area contributed by atoms with Gasteiger partial charge in [-0.3, -0.25) is 19.1 Å². The first-order valence-corrected chi connectivity index (χ1v) is 12.1. The third kappa shape index (κ3) is 5.89. The number of nitriles is 1. The first-order valence-electron chi connectivity index (χ1n) is 11.7. The first-order chi connectivity index (χ1) is 18.6. The predicted octanol–water partition coefficient (Wildman–Crippen LogP) is 3.62. The van der Waals surface area contributed by atoms with E-state index in [4.69, 9.17) is 22.1 Å². The van der Waals surface area contributed by atoms with Crippen molar-refractivity contribution in [3.63, 3.8) is 0 Å². The molecule has 4 aromatic rings. The van der Waals surface area contributed by atoms with Gasteiger partial charge in [0, 0.05) is 48.3 Å². The fourth-order valence-electron chi connectivity index (χ4n) is 4.31. The number of hydrogen-bond acceptors (Lipinski definition) is 6. The van der Waals surface area contributed by atoms with E-state index in [2.05, 4.69) is 11.2 Å². The fourth-order valence-corrected chi connectivity index (χ4v) is 4.48. The molecule has 0 aliphatic rings. The Morgan fingerprint density at radius 2 is 1.95 bits per heavy atom. The molecule has 2 heterocycles. The van der Waals surface area contributed by atoms with Crippen molar-refractivity contribution in [2.45, 2.75) is 18.9 Å². The summed E-state index contributed by atoms with van der Waals surface area (Å²) in [6.07, 6.45) is 2.97. The van der Waals surface area contributed by atoms with Crippen LogP contribution in [0.4, 0.5) is 4.39 Å². The standard InChI is InChI=1S/C28H23ClFN5O4/c1-34-8-7-19(33-34)12-24(25(36)10-16-3-6-20(28(32)38)23(30)9-16)35-15-26(39-2)22(13-27(35)37)21-11-18(29)5-4-17(21)14-31/h3-9,11,13,15,24H,10,12H2,1-2H3,(H2,32,38). The zero-order valence-corrected chi connectivity index (χ0v) is 21.8. The van der Waals surface area contributed by atoms with Gasteiger partial charge in [-0.1, -0.05) is 17.7 Å². The minimum Gasteiger partial charge on any atom is -0.495 e. The molecule has 9 nitrogen and oxygen atoms in total. The zero-order chi connectivity index (χ0) is 28.3. The van der Waals surface area contributed by atoms with Crippen molar-refractivity contribution in [3.8, 4) is 22.9 Å². The monoisotopic (exact) mass is 547 g/mol. The Morgan fingerprint density at radius 3 is 2.56 bits per heavy atom. The number of rotatable bonds is 9. The number of carbonyl (C=O) groups is 2. The van der Waals surface area contributed by atoms with Crippen LogP contribution in [0.2, 0.25) is 5.02 Å². The Balaban J connectivity index is 1.79. The van der Waals surface area contributed by atoms with Gasteiger partial charge < -0.3 is 15.0 Å². The van der Waals surface area contributed by atoms with Crippen molar-refractivity contribution >= 4 is 23.3 Å². The largest absolute Gasteiger partial charge is 0.495 e. The molecule has 0 aliphatic heterocycles. The van der Waals surface area contributed by atoms with Gasteiger partial charge >= 0.3 is 0 Å². The van der Waals surface area contributed by atoms with Gasteiger partial charge in [0.1, 0.15) is 17.6 Å². The van der Waals surface area contributed by atoms with E-state index in [0.29, 0.717) is 27.4 Å². The molecule has 4 rings (SSSR count). The minimum absolute atomic E-state index is 0.0740. The van der Waals surface area contributed by atoms with E-state index in [9.17, 15) is 24.0 Å². The van der Waals surface area contributed by atoms with Crippen molar-refractivity contribution in [3.05, 3.63) is 105 Å². The van der Waals surface area contributed by atoms with Crippen molar-refractivity contribution in [2.75, 3.05) is 7.11 Å². The lowest BCUT2D eigenvalue weighted by Crippen LogP contribution is -2.32. The molecule has 1 amide bonds. The van der Waals surface area contributed by atoms with Crippen LogP contribution in [-0.4, -0.2) is 33.1 Å². The number of primary amides is 1. The van der Waals surface area contributed by atoms with Crippen LogP contribution in [0.15, 0.2) is 65.7 Å². The highest BCUT2D eigenvalue weighted by atomic mass is 35.5. The maximum absolute atomic E-state index is 14.4. The summed E-state index contributed by atoms with van der Waals surface area (Å²) in [7, 11) is 3.13. The molecule has 2 aromatic carbocycles. The third-order valence-corrected chi connectivity index (χ3v) is 6.45. The lowest BCUT2D eigenvalue weighted by Gasteiger charge is -2.21. The minimum atomic E-state index is -1.02. The van der Waals surface area contributed by atoms with Gasteiger partial charge in [-0.25, -0.2) is 4.39 Å². The second-order valence-corrected chi connectivity index (χ2v) is 9.26. The molecule has 0 saturated carbocycles. The molecular weight excluding hydrogens is 525 g/mol. The SMILES string of the molecule is COc1cn(C(Cc2ccn(C)n2)C(=O)Cc2ccc(C(N)=O)c(F)c2)c(=O)cc1-c1cc(Cl)ccc1C#N. The number of Topliss-reactive ketones (excluding diaryl/α,β-unsaturated/α-hetero) is 1. The van der Waals surface area contributed by atoms with Gasteiger partial charge in [0.05, 0.1) is 36.2 Å². The Labute approximate surface area is 227 Å². The number of methoxy groups -OCH3 is 1. The lowest BCUT2D eigenvalue weighted by molar-refractivity contribution is -0.121. The first kappa shape index (κ1) is 27.3. The highest BCUT2D eigenvalue weighted by Crippen LogP contribution is 2.33. The van der Waals surface area contributed by atoms with Crippen molar-refractivity contribution in [2.24, 2.45) is 12.8 Å². The number of nitrogens with zero attached hydrogens (tertiary/aromatic N) is 4. The predicted molar refractivity (Wildman–Crippen MR) is 142 cm³/mol. The summed E-state index contributed by atoms with van der Waals surface area (Å²) in [6, 6.07) is 12.5. The van der Waals surface area contributed by atoms with Gasteiger partial charge in [0.2, 0.25) is 0 Å². The molecule has 0 spiro atoms. The summed E-state index contributed by atoms with van der Waals surface area (Å²) in [5.74, 6) is -1.92. The Bertz CT molecular complexity index is 1690. The van der Waals surface area contributed by atoms with Crippen LogP contribution in [0, 0.1) is 17.1 Å². The number of benzene rings is 2. The second-order valence-electron chi connectivity index (χ2n) is 8.82. The van der Waals surface area contributed by atoms with Gasteiger partial charge in [0.25, 0.3) is 11.5 Å². The van der Waals surface area contributed by atoms with E-state index < -0.39 is 29.1 Å². The van der Waals surface area contributed by atoms with Crippen molar-refractivity contribution < 1.29 is 18.7 Å². The average Bonchev–Trinajstić information content (AvgIpc) is 3.31. The topological polar surface area (TPSA) is 133 Å². The number of aromatic nitrogens is 3. The molecule has 11 heteroatoms. The molecule has 198 valence electrons. The van der Waals surface area contributed by atoms with E-state index in [-0.39, 0.29) is 29.7 Å².